The molecule has 0 aliphatic heterocycles. The number of amides is 4. The third kappa shape index (κ3) is 6.29. The smallest absolute Gasteiger partial charge is 0.319 e. The first-order valence-corrected chi connectivity index (χ1v) is 22.1. The van der Waals surface area contributed by atoms with E-state index in [0.29, 0.717) is 11.5 Å². The van der Waals surface area contributed by atoms with E-state index in [2.05, 4.69) is 155 Å². The number of benzene rings is 12. The maximum atomic E-state index is 13.8. The zero-order valence-corrected chi connectivity index (χ0v) is 36.2. The fraction of sp³-hybridized carbons (Fsp3) is 0.0690. The normalized spacial score (nSPS) is 11.7. The number of methoxy groups -OCH3 is 2. The molecule has 8 heteroatoms. The lowest BCUT2D eigenvalue weighted by Crippen LogP contribution is -2.28. The van der Waals surface area contributed by atoms with Gasteiger partial charge >= 0.3 is 12.1 Å². The molecule has 0 saturated heterocycles. The van der Waals surface area contributed by atoms with Gasteiger partial charge in [0.05, 0.1) is 25.6 Å². The summed E-state index contributed by atoms with van der Waals surface area (Å²) in [6.07, 6.45) is 0. The van der Waals surface area contributed by atoms with Crippen LogP contribution in [0.3, 0.4) is 0 Å². The van der Waals surface area contributed by atoms with Crippen molar-refractivity contribution in [1.82, 2.24) is 10.6 Å². The molecule has 0 aliphatic carbocycles. The maximum Gasteiger partial charge on any atom is 0.319 e. The summed E-state index contributed by atoms with van der Waals surface area (Å²) in [6.45, 7) is 0.368. The Bertz CT molecular complexity index is 3630. The van der Waals surface area contributed by atoms with E-state index in [0.717, 1.165) is 87.5 Å². The number of fused-ring (bicyclic) bond motifs is 2. The van der Waals surface area contributed by atoms with Crippen molar-refractivity contribution in [2.75, 3.05) is 24.9 Å². The van der Waals surface area contributed by atoms with Gasteiger partial charge in [-0.15, -0.1) is 0 Å². The molecule has 0 fully saturated rings. The molecule has 0 aliphatic rings. The molecule has 0 heterocycles. The van der Waals surface area contributed by atoms with Crippen LogP contribution in [0.15, 0.2) is 170 Å². The number of nitrogens with one attached hydrogen (secondary N) is 4. The topological polar surface area (TPSA) is 101 Å². The summed E-state index contributed by atoms with van der Waals surface area (Å²) in [4.78, 5) is 27.7. The molecule has 0 unspecified atom stereocenters. The van der Waals surface area contributed by atoms with Crippen LogP contribution in [0.2, 0.25) is 0 Å². The number of carbonyl (C=O) groups excluding carboxylic acids is 2. The lowest BCUT2D eigenvalue weighted by molar-refractivity contribution is 0.251. The van der Waals surface area contributed by atoms with Gasteiger partial charge in [0, 0.05) is 46.1 Å². The number of rotatable bonds is 9. The predicted octanol–water partition coefficient (Wildman–Crippen LogP) is 14.1. The van der Waals surface area contributed by atoms with Crippen LogP contribution in [0.1, 0.15) is 11.1 Å². The first-order valence-electron chi connectivity index (χ1n) is 22.1. The number of hydrogen-bond acceptors (Lipinski definition) is 4. The second-order valence-electron chi connectivity index (χ2n) is 16.9. The molecule has 0 radical (unpaired) electrons. The van der Waals surface area contributed by atoms with Gasteiger partial charge in [-0.1, -0.05) is 146 Å². The Morgan fingerprint density at radius 3 is 1.14 bits per heavy atom. The van der Waals surface area contributed by atoms with Gasteiger partial charge in [0.2, 0.25) is 0 Å². The SMILES string of the molecule is COc1c(CNC(=O)Nc2ccc3ccc4cccc5ccc2c3c45)cc2ccccc2c1-c1c(OC)c(CNC(=O)Nc2ccc3ccc4cccc5ccc2c3c45)cc2ccccc12. The molecule has 8 nitrogen and oxygen atoms in total. The number of ether oxygens (including phenoxy) is 2. The summed E-state index contributed by atoms with van der Waals surface area (Å²) in [5, 5.41) is 29.9. The van der Waals surface area contributed by atoms with Crippen LogP contribution in [0.5, 0.6) is 11.5 Å². The average molecular weight is 859 g/mol. The molecule has 66 heavy (non-hydrogen) atoms. The van der Waals surface area contributed by atoms with E-state index in [-0.39, 0.29) is 25.2 Å². The van der Waals surface area contributed by atoms with Gasteiger partial charge in [0.25, 0.3) is 0 Å². The number of carbonyl (C=O) groups is 2. The fourth-order valence-electron chi connectivity index (χ4n) is 10.4. The predicted molar refractivity (Wildman–Crippen MR) is 272 cm³/mol. The van der Waals surface area contributed by atoms with Gasteiger partial charge in [0.1, 0.15) is 11.5 Å². The standard InChI is InChI=1S/C58H42N4O4/c1-65-55-41(31-59-57(63)61-47-27-23-37-19-17-33-11-7-13-35-21-25-45(47)51(37)49(33)35)29-39-9-3-5-15-43(39)53(55)54-44-16-6-4-10-40(44)30-42(56(54)66-2)32-60-58(64)62-48-28-24-38-20-18-34-12-8-14-36-22-26-46(48)52(38)50(34)36/h3-30H,31-32H2,1-2H3,(H2,59,61,63)(H2,60,62,64). The zero-order chi connectivity index (χ0) is 44.5. The molecule has 12 aromatic carbocycles. The van der Waals surface area contributed by atoms with Gasteiger partial charge in [-0.05, 0) is 99.7 Å². The Hall–Kier alpha value is -8.62. The van der Waals surface area contributed by atoms with Crippen LogP contribution in [-0.4, -0.2) is 26.3 Å². The quantitative estimate of drug-likeness (QED) is 0.109. The van der Waals surface area contributed by atoms with E-state index >= 15 is 0 Å². The van der Waals surface area contributed by atoms with E-state index in [1.165, 1.54) is 32.3 Å². The van der Waals surface area contributed by atoms with Gasteiger partial charge in [-0.2, -0.15) is 0 Å². The van der Waals surface area contributed by atoms with Crippen molar-refractivity contribution in [3.63, 3.8) is 0 Å². The van der Waals surface area contributed by atoms with Gasteiger partial charge in [-0.25, -0.2) is 9.59 Å². The van der Waals surface area contributed by atoms with Crippen molar-refractivity contribution >= 4 is 110 Å². The second-order valence-corrected chi connectivity index (χ2v) is 16.9. The highest BCUT2D eigenvalue weighted by Gasteiger charge is 2.25. The molecule has 318 valence electrons. The fourth-order valence-corrected chi connectivity index (χ4v) is 10.4. The molecule has 0 saturated carbocycles. The largest absolute Gasteiger partial charge is 0.496 e. The maximum absolute atomic E-state index is 13.8. The Morgan fingerprint density at radius 1 is 0.379 bits per heavy atom. The number of anilines is 2. The van der Waals surface area contributed by atoms with Crippen molar-refractivity contribution in [2.24, 2.45) is 0 Å². The van der Waals surface area contributed by atoms with Crippen LogP contribution in [-0.2, 0) is 13.1 Å². The second kappa shape index (κ2) is 15.6. The summed E-state index contributed by atoms with van der Waals surface area (Å²) in [5.74, 6) is 1.22. The van der Waals surface area contributed by atoms with Gasteiger partial charge < -0.3 is 30.7 Å². The van der Waals surface area contributed by atoms with E-state index in [9.17, 15) is 9.59 Å². The molecular weight excluding hydrogens is 817 g/mol. The van der Waals surface area contributed by atoms with E-state index < -0.39 is 0 Å². The van der Waals surface area contributed by atoms with Crippen molar-refractivity contribution in [3.05, 3.63) is 181 Å². The lowest BCUT2D eigenvalue weighted by atomic mass is 9.88. The van der Waals surface area contributed by atoms with Gasteiger partial charge in [0.15, 0.2) is 0 Å². The van der Waals surface area contributed by atoms with Crippen LogP contribution in [0.25, 0.3) is 97.3 Å². The Morgan fingerprint density at radius 2 is 0.727 bits per heavy atom. The number of urea groups is 2. The summed E-state index contributed by atoms with van der Waals surface area (Å²) >= 11 is 0. The van der Waals surface area contributed by atoms with Gasteiger partial charge in [-0.3, -0.25) is 0 Å². The molecule has 0 atom stereocenters. The summed E-state index contributed by atoms with van der Waals surface area (Å²) in [6, 6.07) is 57.4. The third-order valence-electron chi connectivity index (χ3n) is 13.2. The number of hydrogen-bond donors (Lipinski definition) is 4. The summed E-state index contributed by atoms with van der Waals surface area (Å²) in [5.41, 5.74) is 4.70. The minimum absolute atomic E-state index is 0.184. The molecule has 12 aromatic rings. The Balaban J connectivity index is 0.877. The Labute approximate surface area is 379 Å². The average Bonchev–Trinajstić information content (AvgIpc) is 3.36. The summed E-state index contributed by atoms with van der Waals surface area (Å²) in [7, 11) is 3.32. The minimum Gasteiger partial charge on any atom is -0.496 e. The third-order valence-corrected chi connectivity index (χ3v) is 13.2. The molecule has 0 aromatic heterocycles. The Kier molecular flexibility index (Phi) is 9.20. The van der Waals surface area contributed by atoms with Crippen LogP contribution in [0.4, 0.5) is 21.0 Å². The molecule has 4 amide bonds. The van der Waals surface area contributed by atoms with Crippen LogP contribution in [0, 0.1) is 0 Å². The van der Waals surface area contributed by atoms with Crippen molar-refractivity contribution in [3.8, 4) is 22.6 Å². The van der Waals surface area contributed by atoms with E-state index in [4.69, 9.17) is 9.47 Å². The first-order chi connectivity index (χ1) is 32.4. The van der Waals surface area contributed by atoms with E-state index in [1.54, 1.807) is 14.2 Å². The summed E-state index contributed by atoms with van der Waals surface area (Å²) < 4.78 is 12.7. The molecule has 12 rings (SSSR count). The highest BCUT2D eigenvalue weighted by atomic mass is 16.5. The monoisotopic (exact) mass is 858 g/mol. The molecular formula is C58H42N4O4. The minimum atomic E-state index is -0.335. The van der Waals surface area contributed by atoms with Crippen molar-refractivity contribution in [1.29, 1.82) is 0 Å². The molecule has 0 spiro atoms. The van der Waals surface area contributed by atoms with Crippen LogP contribution < -0.4 is 30.7 Å². The highest BCUT2D eigenvalue weighted by Crippen LogP contribution is 2.49. The van der Waals surface area contributed by atoms with Crippen molar-refractivity contribution < 1.29 is 19.1 Å². The lowest BCUT2D eigenvalue weighted by Gasteiger charge is -2.23. The van der Waals surface area contributed by atoms with Crippen LogP contribution >= 0.6 is 0 Å². The molecule has 0 bridgehead atoms. The molecule has 4 N–H and O–H groups in total. The highest BCUT2D eigenvalue weighted by molar-refractivity contribution is 6.27. The first kappa shape index (κ1) is 39.0. The van der Waals surface area contributed by atoms with E-state index in [1.807, 2.05) is 36.4 Å². The zero-order valence-electron chi connectivity index (χ0n) is 36.2. The van der Waals surface area contributed by atoms with Crippen molar-refractivity contribution in [2.45, 2.75) is 13.1 Å².